The van der Waals surface area contributed by atoms with E-state index in [0.29, 0.717) is 34.8 Å². The van der Waals surface area contributed by atoms with Crippen molar-refractivity contribution in [2.45, 2.75) is 31.4 Å². The van der Waals surface area contributed by atoms with Crippen LogP contribution in [-0.4, -0.2) is 109 Å². The van der Waals surface area contributed by atoms with Crippen LogP contribution < -0.4 is 20.3 Å². The minimum Gasteiger partial charge on any atom is -0.491 e. The third kappa shape index (κ3) is 14.1. The number of azo groups is 2. The van der Waals surface area contributed by atoms with Gasteiger partial charge in [0.25, 0.3) is 50.6 Å². The van der Waals surface area contributed by atoms with Gasteiger partial charge in [0.2, 0.25) is 17.8 Å². The van der Waals surface area contributed by atoms with Gasteiger partial charge in [0.15, 0.2) is 5.37 Å². The maximum Gasteiger partial charge on any atom is 0.295 e. The van der Waals surface area contributed by atoms with E-state index in [2.05, 4.69) is 55.4 Å². The van der Waals surface area contributed by atoms with E-state index in [4.69, 9.17) is 9.99 Å². The molecule has 0 saturated carbocycles. The van der Waals surface area contributed by atoms with Gasteiger partial charge in [-0.2, -0.15) is 77.5 Å². The van der Waals surface area contributed by atoms with Gasteiger partial charge in [-0.15, -0.1) is 4.33 Å². The van der Waals surface area contributed by atoms with Crippen molar-refractivity contribution >= 4 is 125 Å². The van der Waals surface area contributed by atoms with Gasteiger partial charge >= 0.3 is 0 Å². The Morgan fingerprint density at radius 2 is 1.25 bits per heavy atom. The zero-order chi connectivity index (χ0) is 51.5. The Bertz CT molecular complexity index is 3690. The van der Waals surface area contributed by atoms with Crippen LogP contribution in [0.2, 0.25) is 0 Å². The summed E-state index contributed by atoms with van der Waals surface area (Å²) < 4.78 is 178. The average Bonchev–Trinajstić information content (AvgIpc) is 4.10. The molecule has 1 aliphatic rings. The first-order chi connectivity index (χ1) is 33.2. The molecule has 6 aromatic rings. The van der Waals surface area contributed by atoms with E-state index in [-0.39, 0.29) is 65.9 Å². The summed E-state index contributed by atoms with van der Waals surface area (Å²) in [6.07, 6.45) is -0.136. The molecule has 1 aliphatic heterocycles. The summed E-state index contributed by atoms with van der Waals surface area (Å²) in [4.78, 5) is 11.3. The van der Waals surface area contributed by atoms with Crippen molar-refractivity contribution in [1.82, 2.24) is 15.0 Å². The Balaban J connectivity index is 1.17. The SMILES string of the molecule is O=S(=O)(O)CCCOc1cc(N=Nc2cccc(SOOO)c2)ccc1Nc1nc(Nc2ccc(N=Nc3cc(S(=O)(=O)O)c4cc(S(=O)(=O)O)cc(S(=O)(=O)O)c4c3)cc2)nc(N2CC2S(=O)(=O)O)n1. The fourth-order valence-corrected chi connectivity index (χ4v) is 9.85. The van der Waals surface area contributed by atoms with Gasteiger partial charge in [-0.05, 0) is 85.3 Å². The van der Waals surface area contributed by atoms with Gasteiger partial charge in [-0.1, -0.05) is 11.1 Å². The number of ether oxygens (including phenoxy) is 1. The first kappa shape index (κ1) is 52.4. The normalized spacial score (nSPS) is 14.6. The third-order valence-electron chi connectivity index (χ3n) is 9.28. The van der Waals surface area contributed by atoms with Gasteiger partial charge in [-0.25, -0.2) is 5.26 Å². The van der Waals surface area contributed by atoms with E-state index in [1.54, 1.807) is 24.3 Å². The summed E-state index contributed by atoms with van der Waals surface area (Å²) in [5.74, 6) is -1.19. The summed E-state index contributed by atoms with van der Waals surface area (Å²) in [6.45, 7) is -0.419. The smallest absolute Gasteiger partial charge is 0.295 e. The lowest BCUT2D eigenvalue weighted by Crippen LogP contribution is -2.15. The Morgan fingerprint density at radius 3 is 1.87 bits per heavy atom. The van der Waals surface area contributed by atoms with Gasteiger partial charge in [-0.3, -0.25) is 22.8 Å². The van der Waals surface area contributed by atoms with Crippen molar-refractivity contribution in [3.8, 4) is 5.75 Å². The van der Waals surface area contributed by atoms with Gasteiger partial charge in [0.05, 0.1) is 64.3 Å². The van der Waals surface area contributed by atoms with Crippen LogP contribution in [0.1, 0.15) is 6.42 Å². The highest BCUT2D eigenvalue weighted by Gasteiger charge is 2.46. The lowest BCUT2D eigenvalue weighted by atomic mass is 10.1. The van der Waals surface area contributed by atoms with Crippen molar-refractivity contribution in [3.63, 3.8) is 0 Å². The maximum atomic E-state index is 12.4. The minimum atomic E-state index is -5.28. The first-order valence-corrected chi connectivity index (χ1v) is 27.4. The van der Waals surface area contributed by atoms with Gasteiger partial charge in [0, 0.05) is 27.4 Å². The molecule has 0 radical (unpaired) electrons. The molecule has 376 valence electrons. The van der Waals surface area contributed by atoms with Crippen molar-refractivity contribution in [3.05, 3.63) is 91.0 Å². The van der Waals surface area contributed by atoms with Crippen LogP contribution in [0.25, 0.3) is 10.8 Å². The summed E-state index contributed by atoms with van der Waals surface area (Å²) in [5, 5.41) is 31.4. The fraction of sp³-hybridized carbons (Fsp3) is 0.139. The van der Waals surface area contributed by atoms with Crippen LogP contribution in [0.15, 0.2) is 131 Å². The Labute approximate surface area is 405 Å². The van der Waals surface area contributed by atoms with Crippen LogP contribution in [-0.2, 0) is 60.0 Å². The van der Waals surface area contributed by atoms with E-state index in [9.17, 15) is 64.9 Å². The standard InChI is InChI=1S/C36H32N10O19S6/c47-64-65-66-25-4-1-3-22(13-25)43-44-23-9-10-29(30(15-23)63-11-2-12-67(48,49)50)38-35-39-34(40-36(41-35)46-19-33(46)71(60,61)62)37-20-5-7-21(8-6-20)42-45-24-14-27-28(31(16-24)69(54,55)56)17-26(68(51,52)53)18-32(27)70(57,58)59/h1,3-10,13-18,33,47H,2,11-12,19H2,(H,48,49,50)(H,51,52,53)(H,54,55,56)(H,57,58,59)(H,60,61,62)(H2,37,38,39,40,41). The third-order valence-corrected chi connectivity index (χ3v) is 14.4. The van der Waals surface area contributed by atoms with E-state index in [0.717, 1.165) is 17.0 Å². The Kier molecular flexibility index (Phi) is 15.3. The van der Waals surface area contributed by atoms with Crippen LogP contribution in [0.4, 0.5) is 52.0 Å². The largest absolute Gasteiger partial charge is 0.491 e. The second-order valence-electron chi connectivity index (χ2n) is 14.4. The molecule has 1 fully saturated rings. The fourth-order valence-electron chi connectivity index (χ4n) is 6.14. The number of hydrogen-bond donors (Lipinski definition) is 8. The number of aromatic nitrogens is 3. The molecule has 0 amide bonds. The maximum absolute atomic E-state index is 12.4. The number of nitrogens with zero attached hydrogens (tertiary/aromatic N) is 8. The summed E-state index contributed by atoms with van der Waals surface area (Å²) >= 11 is 0.696. The number of hydrogen-bond acceptors (Lipinski definition) is 25. The Morgan fingerprint density at radius 1 is 0.648 bits per heavy atom. The van der Waals surface area contributed by atoms with Crippen LogP contribution in [0, 0.1) is 0 Å². The molecule has 1 saturated heterocycles. The summed E-state index contributed by atoms with van der Waals surface area (Å²) in [7, 11) is -24.6. The van der Waals surface area contributed by atoms with E-state index < -0.39 is 92.9 Å². The molecule has 7 rings (SSSR count). The molecule has 1 atom stereocenters. The van der Waals surface area contributed by atoms with Crippen molar-refractivity contribution in [1.29, 1.82) is 0 Å². The molecular weight excluding hydrogens is 1070 g/mol. The molecule has 2 heterocycles. The topological polar surface area (TPSA) is 435 Å². The molecule has 29 nitrogen and oxygen atoms in total. The van der Waals surface area contributed by atoms with Crippen LogP contribution in [0.5, 0.6) is 5.75 Å². The molecule has 0 spiro atoms. The number of nitrogens with one attached hydrogen (secondary N) is 2. The lowest BCUT2D eigenvalue weighted by molar-refractivity contribution is -0.432. The second kappa shape index (κ2) is 20.7. The van der Waals surface area contributed by atoms with E-state index in [1.165, 1.54) is 42.5 Å². The molecular formula is C36H32N10O19S6. The molecule has 5 aromatic carbocycles. The Hall–Kier alpha value is -6.45. The van der Waals surface area contributed by atoms with Gasteiger partial charge in [0.1, 0.15) is 15.5 Å². The molecule has 0 aliphatic carbocycles. The van der Waals surface area contributed by atoms with Crippen molar-refractivity contribution in [2.75, 3.05) is 34.4 Å². The first-order valence-electron chi connectivity index (χ1n) is 19.2. The van der Waals surface area contributed by atoms with Crippen LogP contribution in [0.3, 0.4) is 0 Å². The predicted molar refractivity (Wildman–Crippen MR) is 247 cm³/mol. The van der Waals surface area contributed by atoms with Crippen molar-refractivity contribution < 1.29 is 84.2 Å². The average molecular weight is 1100 g/mol. The van der Waals surface area contributed by atoms with Crippen LogP contribution >= 0.6 is 12.0 Å². The molecule has 1 aromatic heterocycles. The molecule has 8 N–H and O–H groups in total. The second-order valence-corrected chi connectivity index (χ2v) is 22.5. The number of rotatable bonds is 21. The monoisotopic (exact) mass is 1100 g/mol. The molecule has 0 bridgehead atoms. The minimum absolute atomic E-state index is 0.0569. The highest BCUT2D eigenvalue weighted by molar-refractivity contribution is 7.94. The highest BCUT2D eigenvalue weighted by Crippen LogP contribution is 2.38. The van der Waals surface area contributed by atoms with Gasteiger partial charge < -0.3 is 20.3 Å². The lowest BCUT2D eigenvalue weighted by Gasteiger charge is -2.15. The predicted octanol–water partition coefficient (Wildman–Crippen LogP) is 6.20. The van der Waals surface area contributed by atoms with E-state index in [1.807, 2.05) is 0 Å². The molecule has 1 unspecified atom stereocenters. The number of fused-ring (bicyclic) bond motifs is 1. The summed E-state index contributed by atoms with van der Waals surface area (Å²) in [5.41, 5.74) is 0.718. The van der Waals surface area contributed by atoms with E-state index >= 15 is 0 Å². The number of anilines is 5. The molecule has 71 heavy (non-hydrogen) atoms. The number of benzene rings is 5. The molecule has 35 heteroatoms. The van der Waals surface area contributed by atoms with Crippen molar-refractivity contribution in [2.24, 2.45) is 20.5 Å². The zero-order valence-electron chi connectivity index (χ0n) is 35.1. The summed E-state index contributed by atoms with van der Waals surface area (Å²) in [6, 6.07) is 19.0. The highest BCUT2D eigenvalue weighted by atomic mass is 32.2. The zero-order valence-corrected chi connectivity index (χ0v) is 40.0. The quantitative estimate of drug-likeness (QED) is 0.00756.